The van der Waals surface area contributed by atoms with Gasteiger partial charge in [0.15, 0.2) is 5.79 Å². The first-order valence-corrected chi connectivity index (χ1v) is 13.7. The number of rotatable bonds is 6. The van der Waals surface area contributed by atoms with Crippen molar-refractivity contribution in [3.05, 3.63) is 59.5 Å². The zero-order valence-electron chi connectivity index (χ0n) is 21.3. The van der Waals surface area contributed by atoms with Gasteiger partial charge in [-0.25, -0.2) is 0 Å². The molecule has 198 valence electrons. The Labute approximate surface area is 217 Å². The van der Waals surface area contributed by atoms with E-state index in [0.29, 0.717) is 30.8 Å². The van der Waals surface area contributed by atoms with Crippen molar-refractivity contribution in [3.63, 3.8) is 0 Å². The number of amides is 2. The molecule has 4 fully saturated rings. The number of fused-ring (bicyclic) bond motifs is 3. The van der Waals surface area contributed by atoms with E-state index in [1.807, 2.05) is 25.1 Å². The highest BCUT2D eigenvalue weighted by molar-refractivity contribution is 6.05. The van der Waals surface area contributed by atoms with E-state index in [1.54, 1.807) is 17.0 Å². The van der Waals surface area contributed by atoms with Crippen LogP contribution >= 0.6 is 0 Å². The maximum atomic E-state index is 13.9. The molecule has 0 unspecified atom stereocenters. The van der Waals surface area contributed by atoms with Crippen LogP contribution in [0.2, 0.25) is 0 Å². The van der Waals surface area contributed by atoms with Crippen LogP contribution in [0.15, 0.2) is 46.9 Å². The van der Waals surface area contributed by atoms with Crippen molar-refractivity contribution in [2.75, 3.05) is 13.1 Å². The monoisotopic (exact) mass is 508 g/mol. The number of hydrogen-bond acceptors (Lipinski definition) is 7. The number of benzene rings is 1. The molecule has 8 nitrogen and oxygen atoms in total. The SMILES string of the molecule is CC[C@H]1C[C@@H]2C(=O)N(C3CCN(Cc4ccccc4)CC3)C(=O)[C@@H]2[C@@H]2C[C@@H](c3ccc(CO)o3)O[C@]12O. The molecule has 1 aromatic carbocycles. The molecular weight excluding hydrogens is 472 g/mol. The standard InChI is InChI=1S/C29H36N2O6/c1-2-19-14-22-26(23-15-25(37-29(19,23)35)24-9-8-21(17-32)36-24)28(34)31(27(22)33)20-10-12-30(13-11-20)16-18-6-4-3-5-7-18/h3-9,19-20,22-23,25-26,32,35H,2,10-17H2,1H3/t19-,22-,23-,25-,26-,29+/m0/s1. The number of imide groups is 1. The molecule has 6 rings (SSSR count). The van der Waals surface area contributed by atoms with Crippen LogP contribution in [-0.4, -0.2) is 56.7 Å². The molecule has 0 spiro atoms. The fraction of sp³-hybridized carbons (Fsp3) is 0.586. The maximum absolute atomic E-state index is 13.9. The minimum absolute atomic E-state index is 0.0685. The van der Waals surface area contributed by atoms with Crippen LogP contribution < -0.4 is 0 Å². The summed E-state index contributed by atoms with van der Waals surface area (Å²) in [4.78, 5) is 31.5. The second-order valence-corrected chi connectivity index (χ2v) is 11.2. The third-order valence-corrected chi connectivity index (χ3v) is 9.22. The molecule has 1 aliphatic carbocycles. The van der Waals surface area contributed by atoms with Crippen LogP contribution in [0.5, 0.6) is 0 Å². The Morgan fingerprint density at radius 2 is 1.78 bits per heavy atom. The van der Waals surface area contributed by atoms with Gasteiger partial charge in [0.05, 0.1) is 11.8 Å². The van der Waals surface area contributed by atoms with Crippen LogP contribution in [0.4, 0.5) is 0 Å². The van der Waals surface area contributed by atoms with E-state index < -0.39 is 29.6 Å². The van der Waals surface area contributed by atoms with Crippen molar-refractivity contribution in [3.8, 4) is 0 Å². The summed E-state index contributed by atoms with van der Waals surface area (Å²) in [7, 11) is 0. The van der Waals surface area contributed by atoms with E-state index in [2.05, 4.69) is 17.0 Å². The molecule has 4 heterocycles. The third kappa shape index (κ3) is 4.14. The number of carbonyl (C=O) groups excluding carboxylic acids is 2. The van der Waals surface area contributed by atoms with E-state index in [0.717, 1.165) is 32.5 Å². The first-order chi connectivity index (χ1) is 17.9. The van der Waals surface area contributed by atoms with Crippen LogP contribution in [0, 0.1) is 23.7 Å². The summed E-state index contributed by atoms with van der Waals surface area (Å²) in [6.45, 7) is 4.34. The van der Waals surface area contributed by atoms with Gasteiger partial charge >= 0.3 is 0 Å². The molecule has 2 N–H and O–H groups in total. The van der Waals surface area contributed by atoms with E-state index in [-0.39, 0.29) is 30.4 Å². The van der Waals surface area contributed by atoms with Crippen LogP contribution in [0.3, 0.4) is 0 Å². The number of piperidine rings is 1. The summed E-state index contributed by atoms with van der Waals surface area (Å²) in [6.07, 6.45) is 2.55. The summed E-state index contributed by atoms with van der Waals surface area (Å²) < 4.78 is 11.9. The first-order valence-electron chi connectivity index (χ1n) is 13.7. The smallest absolute Gasteiger partial charge is 0.233 e. The van der Waals surface area contributed by atoms with Crippen LogP contribution in [-0.2, 0) is 27.5 Å². The van der Waals surface area contributed by atoms with Gasteiger partial charge in [-0.2, -0.15) is 0 Å². The fourth-order valence-electron chi connectivity index (χ4n) is 7.34. The molecule has 8 heteroatoms. The molecule has 37 heavy (non-hydrogen) atoms. The number of nitrogens with zero attached hydrogens (tertiary/aromatic N) is 2. The summed E-state index contributed by atoms with van der Waals surface area (Å²) in [5, 5.41) is 21.2. The summed E-state index contributed by atoms with van der Waals surface area (Å²) in [6, 6.07) is 13.7. The molecule has 6 atom stereocenters. The quantitative estimate of drug-likeness (QED) is 0.578. The summed E-state index contributed by atoms with van der Waals surface area (Å²) in [5.74, 6) is -2.39. The molecule has 1 saturated carbocycles. The number of aliphatic hydroxyl groups is 2. The molecular formula is C29H36N2O6. The lowest BCUT2D eigenvalue weighted by Crippen LogP contribution is -2.53. The molecule has 0 radical (unpaired) electrons. The third-order valence-electron chi connectivity index (χ3n) is 9.22. The van der Waals surface area contributed by atoms with E-state index in [1.165, 1.54) is 5.56 Å². The van der Waals surface area contributed by atoms with E-state index in [4.69, 9.17) is 9.15 Å². The lowest BCUT2D eigenvalue weighted by atomic mass is 9.64. The Balaban J connectivity index is 1.19. The molecule has 4 aliphatic rings. The van der Waals surface area contributed by atoms with Gasteiger partial charge in [-0.05, 0) is 49.8 Å². The topological polar surface area (TPSA) is 103 Å². The van der Waals surface area contributed by atoms with Gasteiger partial charge in [0.25, 0.3) is 0 Å². The summed E-state index contributed by atoms with van der Waals surface area (Å²) in [5.41, 5.74) is 1.27. The number of hydrogen-bond donors (Lipinski definition) is 2. The highest BCUT2D eigenvalue weighted by atomic mass is 16.6. The molecule has 3 aliphatic heterocycles. The van der Waals surface area contributed by atoms with Gasteiger partial charge in [0.1, 0.15) is 24.2 Å². The van der Waals surface area contributed by atoms with E-state index in [9.17, 15) is 19.8 Å². The zero-order chi connectivity index (χ0) is 25.7. The Morgan fingerprint density at radius 3 is 2.46 bits per heavy atom. The first kappa shape index (κ1) is 24.8. The van der Waals surface area contributed by atoms with Crippen molar-refractivity contribution in [1.29, 1.82) is 0 Å². The zero-order valence-corrected chi connectivity index (χ0v) is 21.3. The average Bonchev–Trinajstić information content (AvgIpc) is 3.59. The Kier molecular flexibility index (Phi) is 6.47. The van der Waals surface area contributed by atoms with Crippen LogP contribution in [0.1, 0.15) is 62.2 Å². The minimum Gasteiger partial charge on any atom is -0.461 e. The second-order valence-electron chi connectivity index (χ2n) is 11.2. The van der Waals surface area contributed by atoms with Crippen LogP contribution in [0.25, 0.3) is 0 Å². The highest BCUT2D eigenvalue weighted by Gasteiger charge is 2.67. The van der Waals surface area contributed by atoms with Crippen molar-refractivity contribution < 1.29 is 29.0 Å². The molecule has 2 aromatic rings. The van der Waals surface area contributed by atoms with Gasteiger partial charge in [-0.3, -0.25) is 19.4 Å². The average molecular weight is 509 g/mol. The Bertz CT molecular complexity index is 1140. The fourth-order valence-corrected chi connectivity index (χ4v) is 7.34. The van der Waals surface area contributed by atoms with E-state index >= 15 is 0 Å². The molecule has 0 bridgehead atoms. The van der Waals surface area contributed by atoms with Crippen molar-refractivity contribution >= 4 is 11.8 Å². The predicted octanol–water partition coefficient (Wildman–Crippen LogP) is 3.23. The number of aliphatic hydroxyl groups excluding tert-OH is 1. The second kappa shape index (κ2) is 9.66. The summed E-state index contributed by atoms with van der Waals surface area (Å²) >= 11 is 0. The number of ether oxygens (including phenoxy) is 1. The molecule has 2 amide bonds. The largest absolute Gasteiger partial charge is 0.461 e. The van der Waals surface area contributed by atoms with Crippen molar-refractivity contribution in [2.45, 2.75) is 70.1 Å². The van der Waals surface area contributed by atoms with Gasteiger partial charge in [0, 0.05) is 37.5 Å². The van der Waals surface area contributed by atoms with Crippen molar-refractivity contribution in [2.24, 2.45) is 23.7 Å². The van der Waals surface area contributed by atoms with Gasteiger partial charge in [-0.1, -0.05) is 37.3 Å². The predicted molar refractivity (Wildman–Crippen MR) is 133 cm³/mol. The lowest BCUT2D eigenvalue weighted by molar-refractivity contribution is -0.270. The Morgan fingerprint density at radius 1 is 1.03 bits per heavy atom. The van der Waals surface area contributed by atoms with Crippen molar-refractivity contribution in [1.82, 2.24) is 9.80 Å². The normalized spacial score (nSPS) is 34.7. The molecule has 3 saturated heterocycles. The minimum atomic E-state index is -1.47. The highest BCUT2D eigenvalue weighted by Crippen LogP contribution is 2.59. The molecule has 1 aromatic heterocycles. The lowest BCUT2D eigenvalue weighted by Gasteiger charge is -2.44. The van der Waals surface area contributed by atoms with Gasteiger partial charge < -0.3 is 19.4 Å². The number of likely N-dealkylation sites (tertiary alicyclic amines) is 2. The number of carbonyl (C=O) groups is 2. The maximum Gasteiger partial charge on any atom is 0.233 e. The van der Waals surface area contributed by atoms with Gasteiger partial charge in [0.2, 0.25) is 11.8 Å². The van der Waals surface area contributed by atoms with Gasteiger partial charge in [-0.15, -0.1) is 0 Å². The number of furan rings is 1. The Hall–Kier alpha value is -2.52.